The van der Waals surface area contributed by atoms with Crippen LogP contribution in [0.5, 0.6) is 0 Å². The van der Waals surface area contributed by atoms with Crippen LogP contribution in [0.4, 0.5) is 0 Å². The van der Waals surface area contributed by atoms with Crippen LogP contribution >= 0.6 is 0 Å². The standard InChI is InChI=1S/C9H16O6S/c1-3-5-7(9(11)12)16(13,14)6-8(10)15-4-2/h7H,3-6H2,1-2H3,(H,11,12). The highest BCUT2D eigenvalue weighted by Crippen LogP contribution is 2.10. The molecule has 0 heterocycles. The van der Waals surface area contributed by atoms with Gasteiger partial charge in [0.05, 0.1) is 6.61 Å². The minimum atomic E-state index is -3.98. The molecule has 0 spiro atoms. The predicted molar refractivity (Wildman–Crippen MR) is 56.8 cm³/mol. The molecule has 0 fully saturated rings. The molecule has 94 valence electrons. The summed E-state index contributed by atoms with van der Waals surface area (Å²) < 4.78 is 27.6. The van der Waals surface area contributed by atoms with Crippen LogP contribution in [0, 0.1) is 0 Å². The fourth-order valence-electron chi connectivity index (χ4n) is 1.19. The van der Waals surface area contributed by atoms with Crippen LogP contribution in [0.1, 0.15) is 26.7 Å². The average molecular weight is 252 g/mol. The number of hydrogen-bond acceptors (Lipinski definition) is 5. The van der Waals surface area contributed by atoms with Crippen LogP contribution in [-0.2, 0) is 24.2 Å². The number of carboxylic acid groups (broad SMARTS) is 1. The fourth-order valence-corrected chi connectivity index (χ4v) is 2.70. The summed E-state index contributed by atoms with van der Waals surface area (Å²) in [5, 5.41) is 7.23. The first kappa shape index (κ1) is 14.9. The van der Waals surface area contributed by atoms with Crippen LogP contribution in [0.15, 0.2) is 0 Å². The van der Waals surface area contributed by atoms with Crippen molar-refractivity contribution in [2.24, 2.45) is 0 Å². The summed E-state index contributed by atoms with van der Waals surface area (Å²) in [6.07, 6.45) is 0.413. The van der Waals surface area contributed by atoms with Gasteiger partial charge in [-0.15, -0.1) is 0 Å². The zero-order valence-corrected chi connectivity index (χ0v) is 10.1. The van der Waals surface area contributed by atoms with Gasteiger partial charge in [-0.05, 0) is 13.3 Å². The number of rotatable bonds is 7. The normalized spacial score (nSPS) is 13.1. The maximum absolute atomic E-state index is 11.6. The number of carbonyl (C=O) groups excluding carboxylic acids is 1. The molecule has 0 aliphatic rings. The van der Waals surface area contributed by atoms with Crippen molar-refractivity contribution >= 4 is 21.8 Å². The van der Waals surface area contributed by atoms with Crippen molar-refractivity contribution in [3.05, 3.63) is 0 Å². The van der Waals surface area contributed by atoms with Gasteiger partial charge in [0.15, 0.2) is 15.1 Å². The van der Waals surface area contributed by atoms with E-state index in [9.17, 15) is 18.0 Å². The third-order valence-electron chi connectivity index (χ3n) is 1.88. The second-order valence-electron chi connectivity index (χ2n) is 3.23. The highest BCUT2D eigenvalue weighted by atomic mass is 32.2. The molecule has 0 aliphatic carbocycles. The summed E-state index contributed by atoms with van der Waals surface area (Å²) in [5.74, 6) is -3.21. The van der Waals surface area contributed by atoms with Crippen LogP contribution in [0.3, 0.4) is 0 Å². The van der Waals surface area contributed by atoms with E-state index in [2.05, 4.69) is 4.74 Å². The molecule has 0 aromatic heterocycles. The lowest BCUT2D eigenvalue weighted by Gasteiger charge is -2.11. The number of ether oxygens (including phenoxy) is 1. The largest absolute Gasteiger partial charge is 0.480 e. The summed E-state index contributed by atoms with van der Waals surface area (Å²) >= 11 is 0. The van der Waals surface area contributed by atoms with Crippen molar-refractivity contribution in [1.29, 1.82) is 0 Å². The maximum Gasteiger partial charge on any atom is 0.321 e. The van der Waals surface area contributed by atoms with E-state index in [1.54, 1.807) is 13.8 Å². The van der Waals surface area contributed by atoms with Gasteiger partial charge in [0, 0.05) is 0 Å². The average Bonchev–Trinajstić information content (AvgIpc) is 2.12. The number of hydrogen-bond donors (Lipinski definition) is 1. The molecule has 1 N–H and O–H groups in total. The molecule has 0 amide bonds. The van der Waals surface area contributed by atoms with Crippen LogP contribution < -0.4 is 0 Å². The highest BCUT2D eigenvalue weighted by Gasteiger charge is 2.33. The smallest absolute Gasteiger partial charge is 0.321 e. The van der Waals surface area contributed by atoms with Gasteiger partial charge in [0.1, 0.15) is 5.75 Å². The summed E-state index contributed by atoms with van der Waals surface area (Å²) in [6.45, 7) is 3.29. The molecule has 0 aliphatic heterocycles. The first-order valence-corrected chi connectivity index (χ1v) is 6.66. The molecule has 7 heteroatoms. The SMILES string of the molecule is CCCC(C(=O)O)S(=O)(=O)CC(=O)OCC. The van der Waals surface area contributed by atoms with Gasteiger partial charge >= 0.3 is 11.9 Å². The topological polar surface area (TPSA) is 97.7 Å². The van der Waals surface area contributed by atoms with Crippen molar-refractivity contribution in [2.45, 2.75) is 31.9 Å². The minimum absolute atomic E-state index is 0.00291. The van der Waals surface area contributed by atoms with Gasteiger partial charge in [-0.2, -0.15) is 0 Å². The second kappa shape index (κ2) is 6.47. The first-order chi connectivity index (χ1) is 7.35. The van der Waals surface area contributed by atoms with Gasteiger partial charge in [0.25, 0.3) is 0 Å². The summed E-state index contributed by atoms with van der Waals surface area (Å²) in [5.41, 5.74) is 0. The molecule has 0 radical (unpaired) electrons. The van der Waals surface area contributed by atoms with Crippen molar-refractivity contribution < 1.29 is 27.9 Å². The van der Waals surface area contributed by atoms with Crippen LogP contribution in [0.2, 0.25) is 0 Å². The number of esters is 1. The van der Waals surface area contributed by atoms with E-state index >= 15 is 0 Å². The molecule has 0 saturated carbocycles. The Balaban J connectivity index is 4.73. The maximum atomic E-state index is 11.6. The molecule has 16 heavy (non-hydrogen) atoms. The molecular weight excluding hydrogens is 236 g/mol. The van der Waals surface area contributed by atoms with E-state index in [1.165, 1.54) is 0 Å². The van der Waals surface area contributed by atoms with Gasteiger partial charge < -0.3 is 9.84 Å². The molecule has 1 atom stereocenters. The van der Waals surface area contributed by atoms with Crippen molar-refractivity contribution in [2.75, 3.05) is 12.4 Å². The Bertz CT molecular complexity index is 345. The minimum Gasteiger partial charge on any atom is -0.480 e. The number of carboxylic acids is 1. The molecule has 0 saturated heterocycles. The summed E-state index contributed by atoms with van der Waals surface area (Å²) in [6, 6.07) is 0. The van der Waals surface area contributed by atoms with Crippen molar-refractivity contribution in [3.8, 4) is 0 Å². The highest BCUT2D eigenvalue weighted by molar-refractivity contribution is 7.93. The lowest BCUT2D eigenvalue weighted by Crippen LogP contribution is -2.35. The quantitative estimate of drug-likeness (QED) is 0.651. The molecule has 0 aromatic rings. The Morgan fingerprint density at radius 2 is 1.88 bits per heavy atom. The van der Waals surface area contributed by atoms with E-state index < -0.39 is 32.8 Å². The van der Waals surface area contributed by atoms with Crippen LogP contribution in [-0.4, -0.2) is 43.1 Å². The Morgan fingerprint density at radius 1 is 1.31 bits per heavy atom. The van der Waals surface area contributed by atoms with Gasteiger partial charge in [0.2, 0.25) is 0 Å². The Hall–Kier alpha value is -1.11. The number of aliphatic carboxylic acids is 1. The predicted octanol–water partition coefficient (Wildman–Crippen LogP) is 0.218. The molecular formula is C9H16O6S. The Kier molecular flexibility index (Phi) is 6.02. The van der Waals surface area contributed by atoms with E-state index in [1.807, 2.05) is 0 Å². The molecule has 0 rings (SSSR count). The molecule has 1 unspecified atom stereocenters. The van der Waals surface area contributed by atoms with E-state index in [0.29, 0.717) is 6.42 Å². The zero-order valence-electron chi connectivity index (χ0n) is 9.30. The van der Waals surface area contributed by atoms with Crippen molar-refractivity contribution in [3.63, 3.8) is 0 Å². The molecule has 6 nitrogen and oxygen atoms in total. The molecule has 0 aromatic carbocycles. The fraction of sp³-hybridized carbons (Fsp3) is 0.778. The summed E-state index contributed by atoms with van der Waals surface area (Å²) in [4.78, 5) is 21.7. The van der Waals surface area contributed by atoms with Gasteiger partial charge in [-0.25, -0.2) is 8.42 Å². The van der Waals surface area contributed by atoms with Crippen LogP contribution in [0.25, 0.3) is 0 Å². The van der Waals surface area contributed by atoms with Crippen molar-refractivity contribution in [1.82, 2.24) is 0 Å². The Labute approximate surface area is 94.5 Å². The zero-order chi connectivity index (χ0) is 12.8. The monoisotopic (exact) mass is 252 g/mol. The third-order valence-corrected chi connectivity index (χ3v) is 3.83. The summed E-state index contributed by atoms with van der Waals surface area (Å²) in [7, 11) is -3.98. The van der Waals surface area contributed by atoms with Gasteiger partial charge in [-0.1, -0.05) is 13.3 Å². The third kappa shape index (κ3) is 4.61. The van der Waals surface area contributed by atoms with E-state index in [4.69, 9.17) is 5.11 Å². The molecule has 0 bridgehead atoms. The number of sulfone groups is 1. The van der Waals surface area contributed by atoms with E-state index in [0.717, 1.165) is 0 Å². The lowest BCUT2D eigenvalue weighted by molar-refractivity contribution is -0.139. The lowest BCUT2D eigenvalue weighted by atomic mass is 10.2. The Morgan fingerprint density at radius 3 is 2.25 bits per heavy atom. The van der Waals surface area contributed by atoms with Gasteiger partial charge in [-0.3, -0.25) is 9.59 Å². The second-order valence-corrected chi connectivity index (χ2v) is 5.41. The van der Waals surface area contributed by atoms with E-state index in [-0.39, 0.29) is 13.0 Å². The number of carbonyl (C=O) groups is 2. The first-order valence-electron chi connectivity index (χ1n) is 4.95.